The van der Waals surface area contributed by atoms with Crippen LogP contribution in [0.4, 0.5) is 0 Å². The lowest BCUT2D eigenvalue weighted by Crippen LogP contribution is -2.27. The Morgan fingerprint density at radius 2 is 1.88 bits per heavy atom. The van der Waals surface area contributed by atoms with Gasteiger partial charge in [0.15, 0.2) is 11.5 Å². The number of benzene rings is 1. The van der Waals surface area contributed by atoms with Crippen LogP contribution < -0.4 is 9.47 Å². The number of carbonyl (C=O) groups is 1. The van der Waals surface area contributed by atoms with Crippen LogP contribution >= 0.6 is 0 Å². The van der Waals surface area contributed by atoms with Gasteiger partial charge in [-0.3, -0.25) is 9.78 Å². The second-order valence-corrected chi connectivity index (χ2v) is 5.83. The van der Waals surface area contributed by atoms with Crippen molar-refractivity contribution in [2.75, 3.05) is 27.8 Å². The maximum atomic E-state index is 12.2. The fourth-order valence-corrected chi connectivity index (χ4v) is 2.41. The zero-order valence-corrected chi connectivity index (χ0v) is 15.7. The average molecular weight is 358 g/mol. The van der Waals surface area contributed by atoms with Gasteiger partial charge in [-0.05, 0) is 54.3 Å². The molecule has 6 heteroatoms. The summed E-state index contributed by atoms with van der Waals surface area (Å²) in [5.41, 5.74) is 3.07. The van der Waals surface area contributed by atoms with E-state index < -0.39 is 0 Å². The summed E-state index contributed by atoms with van der Waals surface area (Å²) in [7, 11) is 5.02. The Morgan fingerprint density at radius 3 is 2.54 bits per heavy atom. The first-order valence-corrected chi connectivity index (χ1v) is 8.09. The lowest BCUT2D eigenvalue weighted by Gasteiger charge is -2.16. The Morgan fingerprint density at radius 1 is 1.15 bits per heavy atom. The molecule has 6 nitrogen and oxygen atoms in total. The van der Waals surface area contributed by atoms with Crippen LogP contribution in [0.5, 0.6) is 11.5 Å². The molecule has 2 N–H and O–H groups in total. The van der Waals surface area contributed by atoms with E-state index in [1.54, 1.807) is 50.7 Å². The number of hydrogen-bond acceptors (Lipinski definition) is 4. The third kappa shape index (κ3) is 5.89. The second-order valence-electron chi connectivity index (χ2n) is 5.83. The third-order valence-corrected chi connectivity index (χ3v) is 3.87. The Bertz CT molecular complexity index is 759. The van der Waals surface area contributed by atoms with E-state index in [2.05, 4.69) is 4.98 Å². The number of ether oxygens (including phenoxy) is 2. The molecule has 0 aliphatic heterocycles. The van der Waals surface area contributed by atoms with Crippen molar-refractivity contribution in [3.8, 4) is 11.5 Å². The van der Waals surface area contributed by atoms with Crippen molar-refractivity contribution in [2.24, 2.45) is 0 Å². The van der Waals surface area contributed by atoms with Crippen LogP contribution in [-0.4, -0.2) is 49.1 Å². The second kappa shape index (κ2) is 10.2. The van der Waals surface area contributed by atoms with E-state index in [0.29, 0.717) is 18.0 Å². The topological polar surface area (TPSA) is 83.2 Å². The molecule has 0 unspecified atom stereocenters. The van der Waals surface area contributed by atoms with Gasteiger partial charge in [-0.15, -0.1) is 0 Å². The lowest BCUT2D eigenvalue weighted by molar-refractivity contribution is -0.124. The smallest absolute Gasteiger partial charge is 0.246 e. The zero-order valence-electron chi connectivity index (χ0n) is 15.7. The number of rotatable bonds is 7. The van der Waals surface area contributed by atoms with Crippen LogP contribution in [0.3, 0.4) is 0 Å². The summed E-state index contributed by atoms with van der Waals surface area (Å²) < 4.78 is 10.5. The molecule has 26 heavy (non-hydrogen) atoms. The molecule has 2 rings (SSSR count). The molecule has 1 amide bonds. The molecule has 1 aromatic heterocycles. The van der Waals surface area contributed by atoms with Crippen LogP contribution in [0, 0.1) is 6.92 Å². The van der Waals surface area contributed by atoms with Crippen molar-refractivity contribution < 1.29 is 19.7 Å². The van der Waals surface area contributed by atoms with Crippen LogP contribution in [0.25, 0.3) is 6.08 Å². The van der Waals surface area contributed by atoms with Crippen molar-refractivity contribution >= 4 is 12.0 Å². The number of aryl methyl sites for hydroxylation is 1. The van der Waals surface area contributed by atoms with Crippen LogP contribution in [0.2, 0.25) is 0 Å². The predicted molar refractivity (Wildman–Crippen MR) is 103 cm³/mol. The van der Waals surface area contributed by atoms with E-state index in [-0.39, 0.29) is 11.4 Å². The monoisotopic (exact) mass is 358 g/mol. The van der Waals surface area contributed by atoms with E-state index in [4.69, 9.17) is 9.47 Å². The lowest BCUT2D eigenvalue weighted by atomic mass is 10.1. The number of aromatic nitrogens is 1. The van der Waals surface area contributed by atoms with Gasteiger partial charge in [0.1, 0.15) is 0 Å². The highest BCUT2D eigenvalue weighted by Crippen LogP contribution is 2.27. The van der Waals surface area contributed by atoms with Crippen LogP contribution in [-0.2, 0) is 11.2 Å². The minimum absolute atomic E-state index is 0. The molecule has 0 saturated carbocycles. The van der Waals surface area contributed by atoms with E-state index >= 15 is 0 Å². The normalized spacial score (nSPS) is 10.3. The first-order chi connectivity index (χ1) is 12.0. The minimum atomic E-state index is -0.0398. The van der Waals surface area contributed by atoms with Gasteiger partial charge in [0, 0.05) is 32.1 Å². The molecule has 1 heterocycles. The molecule has 0 spiro atoms. The molecule has 1 aromatic carbocycles. The first kappa shape index (κ1) is 21.2. The summed E-state index contributed by atoms with van der Waals surface area (Å²) in [6.07, 6.45) is 7.62. The van der Waals surface area contributed by atoms with E-state index in [1.807, 2.05) is 31.2 Å². The number of pyridine rings is 1. The number of nitrogens with zero attached hydrogens (tertiary/aromatic N) is 2. The molecule has 0 aliphatic carbocycles. The van der Waals surface area contributed by atoms with E-state index in [1.165, 1.54) is 0 Å². The number of likely N-dealkylation sites (N-methyl/N-ethyl adjacent to an activating group) is 1. The van der Waals surface area contributed by atoms with Crippen molar-refractivity contribution in [2.45, 2.75) is 13.3 Å². The minimum Gasteiger partial charge on any atom is -0.493 e. The number of hydrogen-bond donors (Lipinski definition) is 0. The zero-order chi connectivity index (χ0) is 18.2. The summed E-state index contributed by atoms with van der Waals surface area (Å²) in [6.45, 7) is 2.59. The molecular formula is C20H26N2O4. The predicted octanol–water partition coefficient (Wildman–Crippen LogP) is 2.30. The molecule has 140 valence electrons. The summed E-state index contributed by atoms with van der Waals surface area (Å²) >= 11 is 0. The quantitative estimate of drug-likeness (QED) is 0.711. The number of methoxy groups -OCH3 is 2. The van der Waals surface area contributed by atoms with Gasteiger partial charge < -0.3 is 19.8 Å². The van der Waals surface area contributed by atoms with Crippen molar-refractivity contribution in [1.29, 1.82) is 0 Å². The highest BCUT2D eigenvalue weighted by Gasteiger charge is 2.08. The number of carbonyl (C=O) groups excluding carboxylic acids is 1. The first-order valence-electron chi connectivity index (χ1n) is 8.09. The maximum absolute atomic E-state index is 12.2. The van der Waals surface area contributed by atoms with Crippen LogP contribution in [0.1, 0.15) is 16.7 Å². The van der Waals surface area contributed by atoms with Gasteiger partial charge >= 0.3 is 0 Å². The van der Waals surface area contributed by atoms with Gasteiger partial charge in [0.25, 0.3) is 0 Å². The molecular weight excluding hydrogens is 332 g/mol. The summed E-state index contributed by atoms with van der Waals surface area (Å²) in [4.78, 5) is 18.0. The summed E-state index contributed by atoms with van der Waals surface area (Å²) in [5.74, 6) is 1.35. The molecule has 0 saturated heterocycles. The van der Waals surface area contributed by atoms with E-state index in [0.717, 1.165) is 23.1 Å². The fourth-order valence-electron chi connectivity index (χ4n) is 2.41. The molecule has 0 bridgehead atoms. The molecule has 0 radical (unpaired) electrons. The fraction of sp³-hybridized carbons (Fsp3) is 0.300. The van der Waals surface area contributed by atoms with E-state index in [9.17, 15) is 4.79 Å². The van der Waals surface area contributed by atoms with Gasteiger partial charge in [-0.25, -0.2) is 0 Å². The van der Waals surface area contributed by atoms with Gasteiger partial charge in [-0.2, -0.15) is 0 Å². The highest BCUT2D eigenvalue weighted by atomic mass is 16.5. The summed E-state index contributed by atoms with van der Waals surface area (Å²) in [5, 5.41) is 0. The molecule has 2 aromatic rings. The Kier molecular flexibility index (Phi) is 8.31. The van der Waals surface area contributed by atoms with Crippen LogP contribution in [0.15, 0.2) is 42.7 Å². The maximum Gasteiger partial charge on any atom is 0.246 e. The SMILES string of the molecule is COc1ccc(CCN(C)C(=O)/C=C/c2cncc(C)c2)cc1OC.O. The molecule has 0 atom stereocenters. The molecule has 0 fully saturated rings. The Hall–Kier alpha value is -2.86. The van der Waals surface area contributed by atoms with Gasteiger partial charge in [0.05, 0.1) is 14.2 Å². The highest BCUT2D eigenvalue weighted by molar-refractivity contribution is 5.91. The number of amides is 1. The largest absolute Gasteiger partial charge is 0.493 e. The Balaban J connectivity index is 0.00000338. The summed E-state index contributed by atoms with van der Waals surface area (Å²) in [6, 6.07) is 7.78. The van der Waals surface area contributed by atoms with Crippen molar-refractivity contribution in [1.82, 2.24) is 9.88 Å². The molecule has 0 aliphatic rings. The van der Waals surface area contributed by atoms with Gasteiger partial charge in [-0.1, -0.05) is 6.07 Å². The standard InChI is InChI=1S/C20H24N2O3.H2O/c1-15-11-17(14-21-13-15)6-8-20(23)22(2)10-9-16-5-7-18(24-3)19(12-16)25-4;/h5-8,11-14H,9-10H2,1-4H3;1H2/b8-6+;. The van der Waals surface area contributed by atoms with Crippen molar-refractivity contribution in [3.63, 3.8) is 0 Å². The van der Waals surface area contributed by atoms with Crippen molar-refractivity contribution in [3.05, 3.63) is 59.4 Å². The van der Waals surface area contributed by atoms with Gasteiger partial charge in [0.2, 0.25) is 5.91 Å². The third-order valence-electron chi connectivity index (χ3n) is 3.87. The average Bonchev–Trinajstić information content (AvgIpc) is 2.63. The Labute approximate surface area is 154 Å².